The summed E-state index contributed by atoms with van der Waals surface area (Å²) in [4.78, 5) is 6.66. The molecular weight excluding hydrogens is 479 g/mol. The average Bonchev–Trinajstić information content (AvgIpc) is 3.55. The Kier molecular flexibility index (Phi) is 14.1. The molecule has 1 aromatic rings. The standard InChI is InChI=1S/C22H38N4O2.HI/c1-4-26(5-2)14-16-28-21-10-7-6-9-20(21)17-25-22(23-3)24-13-8-15-27-18-19-11-12-19;/h6-7,9-10,19H,4-5,8,11-18H2,1-3H3,(H2,23,24,25);1H. The first-order valence-electron chi connectivity index (χ1n) is 10.7. The van der Waals surface area contributed by atoms with Gasteiger partial charge >= 0.3 is 0 Å². The fourth-order valence-corrected chi connectivity index (χ4v) is 2.93. The second-order valence-corrected chi connectivity index (χ2v) is 7.21. The van der Waals surface area contributed by atoms with Crippen LogP contribution in [0.5, 0.6) is 5.75 Å². The highest BCUT2D eigenvalue weighted by Gasteiger charge is 2.20. The number of likely N-dealkylation sites (N-methyl/N-ethyl adjacent to an activating group) is 1. The molecule has 0 spiro atoms. The minimum Gasteiger partial charge on any atom is -0.492 e. The van der Waals surface area contributed by atoms with E-state index in [1.165, 1.54) is 12.8 Å². The lowest BCUT2D eigenvalue weighted by Crippen LogP contribution is -2.37. The minimum absolute atomic E-state index is 0. The summed E-state index contributed by atoms with van der Waals surface area (Å²) in [5, 5.41) is 6.72. The molecule has 0 heterocycles. The second-order valence-electron chi connectivity index (χ2n) is 7.21. The van der Waals surface area contributed by atoms with Gasteiger partial charge in [-0.1, -0.05) is 32.0 Å². The number of nitrogens with zero attached hydrogens (tertiary/aromatic N) is 2. The van der Waals surface area contributed by atoms with Crippen molar-refractivity contribution in [3.63, 3.8) is 0 Å². The highest BCUT2D eigenvalue weighted by Crippen LogP contribution is 2.28. The second kappa shape index (κ2) is 15.7. The van der Waals surface area contributed by atoms with Crippen LogP contribution in [0.15, 0.2) is 29.3 Å². The first-order chi connectivity index (χ1) is 13.8. The molecule has 6 nitrogen and oxygen atoms in total. The predicted octanol–water partition coefficient (Wildman–Crippen LogP) is 3.51. The van der Waals surface area contributed by atoms with Gasteiger partial charge < -0.3 is 25.0 Å². The van der Waals surface area contributed by atoms with Crippen LogP contribution in [0, 0.1) is 5.92 Å². The molecular formula is C22H39IN4O2. The third kappa shape index (κ3) is 11.1. The van der Waals surface area contributed by atoms with Crippen LogP contribution in [0.25, 0.3) is 0 Å². The van der Waals surface area contributed by atoms with E-state index >= 15 is 0 Å². The Morgan fingerprint density at radius 3 is 2.59 bits per heavy atom. The maximum Gasteiger partial charge on any atom is 0.191 e. The molecule has 0 radical (unpaired) electrons. The van der Waals surface area contributed by atoms with Crippen molar-refractivity contribution in [2.45, 2.75) is 39.7 Å². The summed E-state index contributed by atoms with van der Waals surface area (Å²) in [6.45, 7) is 11.4. The van der Waals surface area contributed by atoms with Gasteiger partial charge in [0.05, 0.1) is 0 Å². The average molecular weight is 518 g/mol. The Balaban J connectivity index is 0.00000420. The van der Waals surface area contributed by atoms with Crippen molar-refractivity contribution < 1.29 is 9.47 Å². The molecule has 0 unspecified atom stereocenters. The van der Waals surface area contributed by atoms with Gasteiger partial charge in [0.15, 0.2) is 5.96 Å². The molecule has 0 aromatic heterocycles. The van der Waals surface area contributed by atoms with Gasteiger partial charge in [0, 0.05) is 45.5 Å². The van der Waals surface area contributed by atoms with E-state index in [1.807, 2.05) is 18.2 Å². The summed E-state index contributed by atoms with van der Waals surface area (Å²) < 4.78 is 11.7. The maximum atomic E-state index is 6.03. The Morgan fingerprint density at radius 2 is 1.90 bits per heavy atom. The highest BCUT2D eigenvalue weighted by atomic mass is 127. The van der Waals surface area contributed by atoms with E-state index in [0.29, 0.717) is 13.2 Å². The molecule has 0 saturated heterocycles. The minimum atomic E-state index is 0. The van der Waals surface area contributed by atoms with E-state index in [9.17, 15) is 0 Å². The number of halogens is 1. The molecule has 166 valence electrons. The van der Waals surface area contributed by atoms with Crippen molar-refractivity contribution in [1.29, 1.82) is 0 Å². The van der Waals surface area contributed by atoms with Crippen LogP contribution in [0.4, 0.5) is 0 Å². The van der Waals surface area contributed by atoms with E-state index in [1.54, 1.807) is 7.05 Å². The number of rotatable bonds is 14. The van der Waals surface area contributed by atoms with Gasteiger partial charge in [-0.2, -0.15) is 0 Å². The van der Waals surface area contributed by atoms with E-state index in [4.69, 9.17) is 9.47 Å². The number of nitrogens with one attached hydrogen (secondary N) is 2. The molecule has 0 bridgehead atoms. The van der Waals surface area contributed by atoms with Gasteiger partial charge in [-0.3, -0.25) is 4.99 Å². The third-order valence-electron chi connectivity index (χ3n) is 5.01. The summed E-state index contributed by atoms with van der Waals surface area (Å²) in [6, 6.07) is 8.19. The lowest BCUT2D eigenvalue weighted by atomic mass is 10.2. The fraction of sp³-hybridized carbons (Fsp3) is 0.682. The number of guanidine groups is 1. The Hall–Kier alpha value is -1.06. The number of hydrogen-bond donors (Lipinski definition) is 2. The van der Waals surface area contributed by atoms with Crippen LogP contribution in [0.1, 0.15) is 38.7 Å². The molecule has 7 heteroatoms. The first-order valence-corrected chi connectivity index (χ1v) is 10.7. The fourth-order valence-electron chi connectivity index (χ4n) is 2.93. The number of para-hydroxylation sites is 1. The van der Waals surface area contributed by atoms with Crippen LogP contribution in [-0.4, -0.2) is 63.9 Å². The Morgan fingerprint density at radius 1 is 1.14 bits per heavy atom. The summed E-state index contributed by atoms with van der Waals surface area (Å²) in [5.74, 6) is 2.57. The molecule has 1 saturated carbocycles. The molecule has 1 aliphatic carbocycles. The van der Waals surface area contributed by atoms with Gasteiger partial charge in [0.2, 0.25) is 0 Å². The lowest BCUT2D eigenvalue weighted by Gasteiger charge is -2.19. The SMILES string of the molecule is CCN(CC)CCOc1ccccc1CNC(=NC)NCCCOCC1CC1.I. The first kappa shape index (κ1) is 26.0. The van der Waals surface area contributed by atoms with Gasteiger partial charge in [0.1, 0.15) is 12.4 Å². The molecule has 2 N–H and O–H groups in total. The smallest absolute Gasteiger partial charge is 0.191 e. The normalized spacial score (nSPS) is 13.9. The molecule has 1 fully saturated rings. The number of hydrogen-bond acceptors (Lipinski definition) is 4. The highest BCUT2D eigenvalue weighted by molar-refractivity contribution is 14.0. The quantitative estimate of drug-likeness (QED) is 0.171. The van der Waals surface area contributed by atoms with Crippen LogP contribution < -0.4 is 15.4 Å². The number of aliphatic imine (C=N–C) groups is 1. The zero-order valence-corrected chi connectivity index (χ0v) is 20.6. The van der Waals surface area contributed by atoms with Gasteiger partial charge in [-0.05, 0) is 44.3 Å². The predicted molar refractivity (Wildman–Crippen MR) is 132 cm³/mol. The molecule has 1 aromatic carbocycles. The summed E-state index contributed by atoms with van der Waals surface area (Å²) in [6.07, 6.45) is 3.67. The van der Waals surface area contributed by atoms with Gasteiger partial charge in [-0.15, -0.1) is 24.0 Å². The van der Waals surface area contributed by atoms with Crippen molar-refractivity contribution in [2.24, 2.45) is 10.9 Å². The van der Waals surface area contributed by atoms with Gasteiger partial charge in [0.25, 0.3) is 0 Å². The molecule has 2 rings (SSSR count). The zero-order chi connectivity index (χ0) is 20.0. The van der Waals surface area contributed by atoms with Crippen LogP contribution in [-0.2, 0) is 11.3 Å². The topological polar surface area (TPSA) is 58.1 Å². The van der Waals surface area contributed by atoms with Crippen LogP contribution in [0.3, 0.4) is 0 Å². The van der Waals surface area contributed by atoms with Crippen molar-refractivity contribution in [3.05, 3.63) is 29.8 Å². The zero-order valence-electron chi connectivity index (χ0n) is 18.3. The monoisotopic (exact) mass is 518 g/mol. The van der Waals surface area contributed by atoms with E-state index in [0.717, 1.165) is 69.0 Å². The maximum absolute atomic E-state index is 6.03. The molecule has 0 aliphatic heterocycles. The van der Waals surface area contributed by atoms with E-state index < -0.39 is 0 Å². The molecule has 29 heavy (non-hydrogen) atoms. The summed E-state index contributed by atoms with van der Waals surface area (Å²) in [7, 11) is 1.80. The molecule has 0 amide bonds. The van der Waals surface area contributed by atoms with Crippen molar-refractivity contribution in [2.75, 3.05) is 53.0 Å². The Bertz CT molecular complexity index is 578. The van der Waals surface area contributed by atoms with Crippen molar-refractivity contribution >= 4 is 29.9 Å². The molecule has 1 aliphatic rings. The van der Waals surface area contributed by atoms with Crippen molar-refractivity contribution in [1.82, 2.24) is 15.5 Å². The van der Waals surface area contributed by atoms with Crippen molar-refractivity contribution in [3.8, 4) is 5.75 Å². The van der Waals surface area contributed by atoms with Crippen LogP contribution in [0.2, 0.25) is 0 Å². The van der Waals surface area contributed by atoms with Crippen LogP contribution >= 0.6 is 24.0 Å². The Labute approximate surface area is 193 Å². The largest absolute Gasteiger partial charge is 0.492 e. The van der Waals surface area contributed by atoms with E-state index in [-0.39, 0.29) is 24.0 Å². The number of benzene rings is 1. The van der Waals surface area contributed by atoms with Gasteiger partial charge in [-0.25, -0.2) is 0 Å². The summed E-state index contributed by atoms with van der Waals surface area (Å²) >= 11 is 0. The molecule has 0 atom stereocenters. The van der Waals surface area contributed by atoms with E-state index in [2.05, 4.69) is 40.4 Å². The summed E-state index contributed by atoms with van der Waals surface area (Å²) in [5.41, 5.74) is 1.14. The number of ether oxygens (including phenoxy) is 2. The third-order valence-corrected chi connectivity index (χ3v) is 5.01. The lowest BCUT2D eigenvalue weighted by molar-refractivity contribution is 0.123.